The first-order valence-corrected chi connectivity index (χ1v) is 11.1. The summed E-state index contributed by atoms with van der Waals surface area (Å²) in [6.07, 6.45) is 5.15. The number of nitrogens with zero attached hydrogens (tertiary/aromatic N) is 7. The van der Waals surface area contributed by atoms with Crippen LogP contribution in [0.1, 0.15) is 30.3 Å². The zero-order chi connectivity index (χ0) is 23.4. The number of halogens is 1. The van der Waals surface area contributed by atoms with Gasteiger partial charge in [-0.1, -0.05) is 5.21 Å². The van der Waals surface area contributed by atoms with Crippen molar-refractivity contribution in [1.82, 2.24) is 35.3 Å². The van der Waals surface area contributed by atoms with E-state index in [0.717, 1.165) is 37.2 Å². The molecule has 0 saturated carbocycles. The minimum Gasteiger partial charge on any atom is -0.489 e. The molecule has 174 valence electrons. The summed E-state index contributed by atoms with van der Waals surface area (Å²) in [5.74, 6) is 1.64. The second kappa shape index (κ2) is 9.99. The van der Waals surface area contributed by atoms with Gasteiger partial charge in [-0.05, 0) is 43.4 Å². The molecule has 33 heavy (non-hydrogen) atoms. The average molecular weight is 472 g/mol. The lowest BCUT2D eigenvalue weighted by atomic mass is 9.98. The zero-order valence-corrected chi connectivity index (χ0v) is 19.3. The standard InChI is InChI=1S/C21H26ClN9O2/c1-3-24-20(32)15-9-18(28-21(22)27-15)31-6-4-13(5-7-31)12-33-17-8-14(10-25-19(17)23)16-11-26-29-30(16)2/h8-11,13H,3-7,12H2,1-2H3,(H2,23,25)(H,24,32). The summed E-state index contributed by atoms with van der Waals surface area (Å²) in [4.78, 5) is 26.8. The van der Waals surface area contributed by atoms with Crippen LogP contribution in [0.2, 0.25) is 5.28 Å². The van der Waals surface area contributed by atoms with E-state index in [9.17, 15) is 4.79 Å². The molecule has 1 fully saturated rings. The number of carbonyl (C=O) groups is 1. The first-order chi connectivity index (χ1) is 15.9. The van der Waals surface area contributed by atoms with Crippen molar-refractivity contribution in [2.24, 2.45) is 13.0 Å². The van der Waals surface area contributed by atoms with Gasteiger partial charge in [-0.25, -0.2) is 19.6 Å². The van der Waals surface area contributed by atoms with Gasteiger partial charge in [-0.2, -0.15) is 0 Å². The van der Waals surface area contributed by atoms with Crippen LogP contribution in [0.15, 0.2) is 24.5 Å². The summed E-state index contributed by atoms with van der Waals surface area (Å²) in [5.41, 5.74) is 7.96. The zero-order valence-electron chi connectivity index (χ0n) is 18.5. The topological polar surface area (TPSA) is 137 Å². The molecule has 3 aromatic heterocycles. The minimum absolute atomic E-state index is 0.0608. The van der Waals surface area contributed by atoms with Crippen molar-refractivity contribution in [1.29, 1.82) is 0 Å². The predicted molar refractivity (Wildman–Crippen MR) is 124 cm³/mol. The number of carbonyl (C=O) groups excluding carboxylic acids is 1. The fourth-order valence-corrected chi connectivity index (χ4v) is 3.91. The van der Waals surface area contributed by atoms with E-state index in [1.54, 1.807) is 23.1 Å². The van der Waals surface area contributed by atoms with Gasteiger partial charge in [0, 0.05) is 44.5 Å². The Morgan fingerprint density at radius 1 is 1.27 bits per heavy atom. The molecule has 0 atom stereocenters. The number of anilines is 2. The Bertz CT molecular complexity index is 1130. The Labute approximate surface area is 196 Å². The number of nitrogen functional groups attached to an aromatic ring is 1. The third-order valence-corrected chi connectivity index (χ3v) is 5.73. The lowest BCUT2D eigenvalue weighted by Gasteiger charge is -2.32. The molecule has 3 aromatic rings. The number of aromatic nitrogens is 6. The summed E-state index contributed by atoms with van der Waals surface area (Å²) in [7, 11) is 1.82. The first kappa shape index (κ1) is 22.7. The average Bonchev–Trinajstić information content (AvgIpc) is 3.24. The summed E-state index contributed by atoms with van der Waals surface area (Å²) in [5, 5.41) is 10.6. The number of aryl methyl sites for hydroxylation is 1. The van der Waals surface area contributed by atoms with Gasteiger partial charge in [0.1, 0.15) is 11.5 Å². The van der Waals surface area contributed by atoms with Crippen LogP contribution >= 0.6 is 11.6 Å². The summed E-state index contributed by atoms with van der Waals surface area (Å²) < 4.78 is 7.71. The van der Waals surface area contributed by atoms with Crippen LogP contribution in [0.4, 0.5) is 11.6 Å². The van der Waals surface area contributed by atoms with E-state index in [2.05, 4.69) is 35.5 Å². The highest BCUT2D eigenvalue weighted by Gasteiger charge is 2.23. The monoisotopic (exact) mass is 471 g/mol. The summed E-state index contributed by atoms with van der Waals surface area (Å²) >= 11 is 6.06. The second-order valence-corrected chi connectivity index (χ2v) is 8.17. The number of pyridine rings is 1. The predicted octanol–water partition coefficient (Wildman–Crippen LogP) is 1.95. The van der Waals surface area contributed by atoms with Gasteiger partial charge in [-0.15, -0.1) is 5.10 Å². The van der Waals surface area contributed by atoms with Crippen LogP contribution in [0, 0.1) is 5.92 Å². The smallest absolute Gasteiger partial charge is 0.270 e. The van der Waals surface area contributed by atoms with Crippen LogP contribution in [0.25, 0.3) is 11.3 Å². The van der Waals surface area contributed by atoms with Gasteiger partial charge in [0.05, 0.1) is 18.5 Å². The number of hydrogen-bond donors (Lipinski definition) is 2. The number of piperidine rings is 1. The van der Waals surface area contributed by atoms with Crippen molar-refractivity contribution in [2.75, 3.05) is 36.9 Å². The highest BCUT2D eigenvalue weighted by atomic mass is 35.5. The fraction of sp³-hybridized carbons (Fsp3) is 0.429. The molecular weight excluding hydrogens is 446 g/mol. The van der Waals surface area contributed by atoms with Crippen LogP contribution in [0.5, 0.6) is 5.75 Å². The summed E-state index contributed by atoms with van der Waals surface area (Å²) in [6, 6.07) is 3.54. The van der Waals surface area contributed by atoms with E-state index in [0.29, 0.717) is 36.5 Å². The Morgan fingerprint density at radius 3 is 2.76 bits per heavy atom. The van der Waals surface area contributed by atoms with Gasteiger partial charge in [0.2, 0.25) is 5.28 Å². The Morgan fingerprint density at radius 2 is 2.06 bits per heavy atom. The van der Waals surface area contributed by atoms with E-state index < -0.39 is 0 Å². The molecule has 3 N–H and O–H groups in total. The molecule has 1 saturated heterocycles. The van der Waals surface area contributed by atoms with E-state index in [-0.39, 0.29) is 16.9 Å². The van der Waals surface area contributed by atoms with Gasteiger partial charge >= 0.3 is 0 Å². The highest BCUT2D eigenvalue weighted by Crippen LogP contribution is 2.28. The quantitative estimate of drug-likeness (QED) is 0.495. The van der Waals surface area contributed by atoms with Crippen molar-refractivity contribution < 1.29 is 9.53 Å². The molecule has 0 unspecified atom stereocenters. The van der Waals surface area contributed by atoms with Gasteiger partial charge < -0.3 is 20.7 Å². The number of amides is 1. The molecule has 0 radical (unpaired) electrons. The number of hydrogen-bond acceptors (Lipinski definition) is 9. The van der Waals surface area contributed by atoms with E-state index in [1.165, 1.54) is 0 Å². The molecule has 11 nitrogen and oxygen atoms in total. The molecule has 0 aliphatic carbocycles. The first-order valence-electron chi connectivity index (χ1n) is 10.8. The highest BCUT2D eigenvalue weighted by molar-refractivity contribution is 6.28. The molecule has 1 amide bonds. The minimum atomic E-state index is -0.262. The number of ether oxygens (including phenoxy) is 1. The van der Waals surface area contributed by atoms with Gasteiger partial charge in [0.25, 0.3) is 5.91 Å². The van der Waals surface area contributed by atoms with Crippen molar-refractivity contribution in [3.05, 3.63) is 35.5 Å². The van der Waals surface area contributed by atoms with Gasteiger partial charge in [0.15, 0.2) is 11.6 Å². The molecule has 12 heteroatoms. The fourth-order valence-electron chi connectivity index (χ4n) is 3.73. The molecule has 0 aromatic carbocycles. The molecule has 0 bridgehead atoms. The molecule has 0 spiro atoms. The molecule has 1 aliphatic rings. The third kappa shape index (κ3) is 5.30. The second-order valence-electron chi connectivity index (χ2n) is 7.83. The van der Waals surface area contributed by atoms with Crippen LogP contribution in [-0.4, -0.2) is 62.1 Å². The lowest BCUT2D eigenvalue weighted by Crippen LogP contribution is -2.36. The van der Waals surface area contributed by atoms with Crippen molar-refractivity contribution in [3.63, 3.8) is 0 Å². The van der Waals surface area contributed by atoms with E-state index in [1.807, 2.05) is 20.0 Å². The maximum absolute atomic E-state index is 12.1. The summed E-state index contributed by atoms with van der Waals surface area (Å²) in [6.45, 7) is 4.43. The molecule has 4 heterocycles. The maximum Gasteiger partial charge on any atom is 0.270 e. The van der Waals surface area contributed by atoms with Crippen LogP contribution < -0.4 is 20.7 Å². The van der Waals surface area contributed by atoms with E-state index >= 15 is 0 Å². The Balaban J connectivity index is 1.36. The van der Waals surface area contributed by atoms with Crippen molar-refractivity contribution in [3.8, 4) is 17.0 Å². The number of nitrogens with two attached hydrogens (primary N) is 1. The Hall–Kier alpha value is -3.47. The maximum atomic E-state index is 12.1. The third-order valence-electron chi connectivity index (χ3n) is 5.56. The van der Waals surface area contributed by atoms with Crippen molar-refractivity contribution >= 4 is 29.1 Å². The molecule has 1 aliphatic heterocycles. The molecule has 4 rings (SSSR count). The largest absolute Gasteiger partial charge is 0.489 e. The molecular formula is C21H26ClN9O2. The lowest BCUT2D eigenvalue weighted by molar-refractivity contribution is 0.0950. The SMILES string of the molecule is CCNC(=O)c1cc(N2CCC(COc3cc(-c4cnnn4C)cnc3N)CC2)nc(Cl)n1. The van der Waals surface area contributed by atoms with E-state index in [4.69, 9.17) is 22.1 Å². The van der Waals surface area contributed by atoms with Crippen molar-refractivity contribution in [2.45, 2.75) is 19.8 Å². The Kier molecular flexibility index (Phi) is 6.87. The number of nitrogens with one attached hydrogen (secondary N) is 1. The normalized spacial score (nSPS) is 14.3. The number of rotatable bonds is 7. The van der Waals surface area contributed by atoms with Gasteiger partial charge in [-0.3, -0.25) is 4.79 Å². The van der Waals surface area contributed by atoms with Crippen LogP contribution in [-0.2, 0) is 7.05 Å². The van der Waals surface area contributed by atoms with Crippen LogP contribution in [0.3, 0.4) is 0 Å².